The van der Waals surface area contributed by atoms with Crippen molar-refractivity contribution in [3.63, 3.8) is 0 Å². The number of ether oxygens (including phenoxy) is 1. The largest absolute Gasteiger partial charge is 0.479 e. The van der Waals surface area contributed by atoms with Gasteiger partial charge in [-0.25, -0.2) is 9.50 Å². The van der Waals surface area contributed by atoms with Crippen LogP contribution in [0, 0.1) is 6.92 Å². The van der Waals surface area contributed by atoms with Crippen molar-refractivity contribution in [3.05, 3.63) is 78.5 Å². The van der Waals surface area contributed by atoms with E-state index in [1.54, 1.807) is 47.4 Å². The Bertz CT molecular complexity index is 1490. The molecule has 0 saturated carbocycles. The zero-order chi connectivity index (χ0) is 23.9. The first-order chi connectivity index (χ1) is 16.3. The molecule has 0 aliphatic carbocycles. The van der Waals surface area contributed by atoms with Gasteiger partial charge in [0.1, 0.15) is 11.5 Å². The molecule has 0 unspecified atom stereocenters. The van der Waals surface area contributed by atoms with Gasteiger partial charge in [0, 0.05) is 18.0 Å². The van der Waals surface area contributed by atoms with Crippen molar-refractivity contribution in [1.29, 1.82) is 0 Å². The molecule has 0 spiro atoms. The summed E-state index contributed by atoms with van der Waals surface area (Å²) in [6.07, 6.45) is 0.620. The Labute approximate surface area is 191 Å². The van der Waals surface area contributed by atoms with Crippen LogP contribution in [-0.2, 0) is 6.18 Å². The van der Waals surface area contributed by atoms with Crippen LogP contribution in [0.5, 0.6) is 5.88 Å². The minimum Gasteiger partial charge on any atom is -0.479 e. The molecule has 172 valence electrons. The van der Waals surface area contributed by atoms with Crippen molar-refractivity contribution in [1.82, 2.24) is 29.1 Å². The summed E-state index contributed by atoms with van der Waals surface area (Å²) in [6, 6.07) is 12.1. The molecule has 5 rings (SSSR count). The van der Waals surface area contributed by atoms with E-state index in [2.05, 4.69) is 25.4 Å². The number of anilines is 2. The number of benzene rings is 1. The first-order valence-corrected chi connectivity index (χ1v) is 10.2. The normalized spacial score (nSPS) is 11.7. The lowest BCUT2D eigenvalue weighted by Gasteiger charge is -2.12. The van der Waals surface area contributed by atoms with Crippen LogP contribution in [0.4, 0.5) is 24.9 Å². The molecule has 0 bridgehead atoms. The van der Waals surface area contributed by atoms with E-state index in [1.165, 1.54) is 23.8 Å². The molecule has 0 aliphatic heterocycles. The lowest BCUT2D eigenvalue weighted by molar-refractivity contribution is -0.137. The van der Waals surface area contributed by atoms with Gasteiger partial charge < -0.3 is 14.6 Å². The Morgan fingerprint density at radius 2 is 1.76 bits per heavy atom. The molecular formula is C23H18F3N7O. The summed E-state index contributed by atoms with van der Waals surface area (Å²) < 4.78 is 49.3. The van der Waals surface area contributed by atoms with E-state index in [9.17, 15) is 13.2 Å². The van der Waals surface area contributed by atoms with Gasteiger partial charge in [-0.3, -0.25) is 0 Å². The highest BCUT2D eigenvalue weighted by atomic mass is 19.4. The highest BCUT2D eigenvalue weighted by Gasteiger charge is 2.34. The number of nitrogens with zero attached hydrogens (tertiary/aromatic N) is 6. The Kier molecular flexibility index (Phi) is 5.16. The highest BCUT2D eigenvalue weighted by molar-refractivity contribution is 5.80. The second kappa shape index (κ2) is 8.18. The number of fused-ring (bicyclic) bond motifs is 1. The van der Waals surface area contributed by atoms with Gasteiger partial charge in [-0.1, -0.05) is 18.2 Å². The minimum absolute atomic E-state index is 0.0272. The van der Waals surface area contributed by atoms with Crippen LogP contribution in [0.3, 0.4) is 0 Å². The van der Waals surface area contributed by atoms with E-state index >= 15 is 0 Å². The van der Waals surface area contributed by atoms with Crippen LogP contribution in [0.2, 0.25) is 0 Å². The fraction of sp³-hybridized carbons (Fsp3) is 0.130. The van der Waals surface area contributed by atoms with Gasteiger partial charge in [-0.05, 0) is 42.8 Å². The van der Waals surface area contributed by atoms with Crippen LogP contribution in [-0.4, -0.2) is 36.2 Å². The molecule has 5 aromatic rings. The third-order valence-corrected chi connectivity index (χ3v) is 5.15. The maximum absolute atomic E-state index is 13.6. The van der Waals surface area contributed by atoms with Crippen molar-refractivity contribution in [3.8, 4) is 22.7 Å². The van der Waals surface area contributed by atoms with E-state index in [0.29, 0.717) is 22.9 Å². The molecule has 4 aromatic heterocycles. The van der Waals surface area contributed by atoms with E-state index in [1.807, 2.05) is 13.1 Å². The smallest absolute Gasteiger partial charge is 0.417 e. The van der Waals surface area contributed by atoms with Gasteiger partial charge in [0.25, 0.3) is 0 Å². The molecule has 0 aliphatic rings. The van der Waals surface area contributed by atoms with Crippen molar-refractivity contribution in [2.75, 3.05) is 12.4 Å². The van der Waals surface area contributed by atoms with Crippen LogP contribution in [0.1, 0.15) is 11.3 Å². The topological polar surface area (TPSA) is 82.2 Å². The second-order valence-electron chi connectivity index (χ2n) is 7.44. The number of alkyl halides is 3. The molecule has 0 atom stereocenters. The molecule has 11 heteroatoms. The van der Waals surface area contributed by atoms with Crippen molar-refractivity contribution in [2.24, 2.45) is 0 Å². The molecule has 0 fully saturated rings. The van der Waals surface area contributed by atoms with E-state index in [-0.39, 0.29) is 17.2 Å². The third-order valence-electron chi connectivity index (χ3n) is 5.15. The molecule has 8 nitrogen and oxygen atoms in total. The fourth-order valence-electron chi connectivity index (χ4n) is 3.65. The van der Waals surface area contributed by atoms with E-state index in [4.69, 9.17) is 4.74 Å². The Balaban J connectivity index is 1.52. The van der Waals surface area contributed by atoms with Crippen molar-refractivity contribution in [2.45, 2.75) is 13.1 Å². The van der Waals surface area contributed by atoms with Gasteiger partial charge in [0.15, 0.2) is 5.65 Å². The second-order valence-corrected chi connectivity index (χ2v) is 7.44. The summed E-state index contributed by atoms with van der Waals surface area (Å²) in [7, 11) is 1.51. The Morgan fingerprint density at radius 3 is 2.50 bits per heavy atom. The molecule has 4 heterocycles. The quantitative estimate of drug-likeness (QED) is 0.391. The minimum atomic E-state index is -4.50. The number of aromatic nitrogens is 6. The molecule has 0 radical (unpaired) electrons. The SMILES string of the molecule is COc1nc(Nc2nc3c(-c4ccccc4C(F)(F)F)cccn3n2)ccc1-n1cnc(C)c1. The van der Waals surface area contributed by atoms with Gasteiger partial charge in [0.05, 0.1) is 24.7 Å². The number of pyridine rings is 2. The maximum Gasteiger partial charge on any atom is 0.417 e. The van der Waals surface area contributed by atoms with Crippen LogP contribution in [0.15, 0.2) is 67.3 Å². The first-order valence-electron chi connectivity index (χ1n) is 10.2. The zero-order valence-corrected chi connectivity index (χ0v) is 18.1. The van der Waals surface area contributed by atoms with Gasteiger partial charge in [-0.2, -0.15) is 23.1 Å². The highest BCUT2D eigenvalue weighted by Crippen LogP contribution is 2.38. The Morgan fingerprint density at radius 1 is 0.971 bits per heavy atom. The molecule has 0 amide bonds. The molecule has 34 heavy (non-hydrogen) atoms. The summed E-state index contributed by atoms with van der Waals surface area (Å²) in [5, 5.41) is 7.34. The molecular weight excluding hydrogens is 447 g/mol. The summed E-state index contributed by atoms with van der Waals surface area (Å²) in [5.41, 5.74) is 1.42. The van der Waals surface area contributed by atoms with Crippen LogP contribution >= 0.6 is 0 Å². The summed E-state index contributed by atoms with van der Waals surface area (Å²) in [5.74, 6) is 0.939. The summed E-state index contributed by atoms with van der Waals surface area (Å²) in [6.45, 7) is 1.88. The lowest BCUT2D eigenvalue weighted by atomic mass is 10.0. The zero-order valence-electron chi connectivity index (χ0n) is 18.1. The number of nitrogens with one attached hydrogen (secondary N) is 1. The molecule has 0 saturated heterocycles. The van der Waals surface area contributed by atoms with Gasteiger partial charge in [0.2, 0.25) is 11.8 Å². The first kappa shape index (κ1) is 21.4. The standard InChI is InChI=1S/C23H18F3N7O/c1-14-12-32(13-27-14)18-9-10-19(28-21(18)34-2)29-22-30-20-16(7-5-11-33(20)31-22)15-6-3-4-8-17(15)23(24,25)26/h3-13H,1-2H3,(H,28,29,31). The van der Waals surface area contributed by atoms with Crippen LogP contribution < -0.4 is 10.1 Å². The number of rotatable bonds is 5. The maximum atomic E-state index is 13.6. The average Bonchev–Trinajstić information content (AvgIpc) is 3.43. The monoisotopic (exact) mass is 465 g/mol. The van der Waals surface area contributed by atoms with E-state index in [0.717, 1.165) is 11.8 Å². The number of halogens is 3. The third kappa shape index (κ3) is 3.91. The fourth-order valence-corrected chi connectivity index (χ4v) is 3.65. The summed E-state index contributed by atoms with van der Waals surface area (Å²) in [4.78, 5) is 13.1. The van der Waals surface area contributed by atoms with E-state index < -0.39 is 11.7 Å². The number of imidazole rings is 1. The van der Waals surface area contributed by atoms with Crippen molar-refractivity contribution < 1.29 is 17.9 Å². The molecule has 1 N–H and O–H groups in total. The number of hydrogen-bond acceptors (Lipinski definition) is 6. The predicted octanol–water partition coefficient (Wildman–Crippen LogP) is 5.06. The number of hydrogen-bond donors (Lipinski definition) is 1. The number of methoxy groups -OCH3 is 1. The molecule has 1 aromatic carbocycles. The van der Waals surface area contributed by atoms with Crippen LogP contribution in [0.25, 0.3) is 22.5 Å². The summed E-state index contributed by atoms with van der Waals surface area (Å²) >= 11 is 0. The predicted molar refractivity (Wildman–Crippen MR) is 119 cm³/mol. The van der Waals surface area contributed by atoms with Crippen molar-refractivity contribution >= 4 is 17.4 Å². The number of aryl methyl sites for hydroxylation is 1. The lowest BCUT2D eigenvalue weighted by Crippen LogP contribution is -2.07. The van der Waals surface area contributed by atoms with Gasteiger partial charge in [-0.15, -0.1) is 5.10 Å². The van der Waals surface area contributed by atoms with Gasteiger partial charge >= 0.3 is 6.18 Å². The average molecular weight is 465 g/mol. The Hall–Kier alpha value is -4.41.